The summed E-state index contributed by atoms with van der Waals surface area (Å²) in [6.07, 6.45) is -4.49. The Kier molecular flexibility index (Phi) is 6.41. The third kappa shape index (κ3) is 5.80. The van der Waals surface area contributed by atoms with E-state index in [0.717, 1.165) is 12.1 Å². The van der Waals surface area contributed by atoms with Crippen LogP contribution in [0.2, 0.25) is 0 Å². The van der Waals surface area contributed by atoms with Gasteiger partial charge in [0, 0.05) is 6.04 Å². The third-order valence-electron chi connectivity index (χ3n) is 2.99. The van der Waals surface area contributed by atoms with Gasteiger partial charge >= 0.3 is 12.1 Å². The van der Waals surface area contributed by atoms with Crippen LogP contribution in [0.5, 0.6) is 5.75 Å². The molecule has 0 atom stereocenters. The van der Waals surface area contributed by atoms with Crippen molar-refractivity contribution >= 4 is 11.9 Å². The van der Waals surface area contributed by atoms with Crippen molar-refractivity contribution in [2.75, 3.05) is 20.3 Å². The van der Waals surface area contributed by atoms with Gasteiger partial charge in [-0.25, -0.2) is 0 Å². The summed E-state index contributed by atoms with van der Waals surface area (Å²) >= 11 is 0. The van der Waals surface area contributed by atoms with Gasteiger partial charge in [-0.1, -0.05) is 6.07 Å². The Labute approximate surface area is 132 Å². The van der Waals surface area contributed by atoms with Gasteiger partial charge in [0.2, 0.25) is 0 Å². The van der Waals surface area contributed by atoms with Gasteiger partial charge in [-0.05, 0) is 32.0 Å². The molecule has 1 aromatic rings. The van der Waals surface area contributed by atoms with Crippen LogP contribution in [-0.2, 0) is 20.5 Å². The van der Waals surface area contributed by atoms with E-state index in [2.05, 4.69) is 4.74 Å². The molecule has 0 saturated carbocycles. The fraction of sp³-hybridized carbons (Fsp3) is 0.467. The number of methoxy groups -OCH3 is 1. The third-order valence-corrected chi connectivity index (χ3v) is 2.99. The van der Waals surface area contributed by atoms with Crippen molar-refractivity contribution in [1.29, 1.82) is 0 Å². The van der Waals surface area contributed by atoms with Crippen molar-refractivity contribution in [3.05, 3.63) is 29.8 Å². The molecule has 0 bridgehead atoms. The number of ether oxygens (including phenoxy) is 2. The van der Waals surface area contributed by atoms with E-state index in [1.165, 1.54) is 24.1 Å². The molecule has 23 heavy (non-hydrogen) atoms. The highest BCUT2D eigenvalue weighted by atomic mass is 19.4. The van der Waals surface area contributed by atoms with Crippen LogP contribution in [0.15, 0.2) is 24.3 Å². The Morgan fingerprint density at radius 3 is 2.43 bits per heavy atom. The maximum atomic E-state index is 12.6. The SMILES string of the molecule is COC(=O)CN(C(=O)COc1cccc(C(F)(F)F)c1)C(C)C. The molecule has 8 heteroatoms. The van der Waals surface area contributed by atoms with Crippen LogP contribution >= 0.6 is 0 Å². The molecular formula is C15H18F3NO4. The molecule has 0 unspecified atom stereocenters. The summed E-state index contributed by atoms with van der Waals surface area (Å²) in [5, 5.41) is 0. The minimum atomic E-state index is -4.49. The summed E-state index contributed by atoms with van der Waals surface area (Å²) in [4.78, 5) is 24.6. The maximum absolute atomic E-state index is 12.6. The smallest absolute Gasteiger partial charge is 0.416 e. The predicted molar refractivity (Wildman–Crippen MR) is 75.8 cm³/mol. The van der Waals surface area contributed by atoms with E-state index in [9.17, 15) is 22.8 Å². The van der Waals surface area contributed by atoms with Crippen LogP contribution < -0.4 is 4.74 Å². The minimum absolute atomic E-state index is 0.0741. The molecule has 1 amide bonds. The molecule has 128 valence electrons. The van der Waals surface area contributed by atoms with E-state index in [0.29, 0.717) is 0 Å². The second kappa shape index (κ2) is 7.85. The van der Waals surface area contributed by atoms with Gasteiger partial charge in [0.05, 0.1) is 12.7 Å². The number of benzene rings is 1. The first-order valence-corrected chi connectivity index (χ1v) is 6.81. The molecule has 0 radical (unpaired) electrons. The largest absolute Gasteiger partial charge is 0.484 e. The fourth-order valence-electron chi connectivity index (χ4n) is 1.75. The zero-order valence-corrected chi connectivity index (χ0v) is 13.0. The molecule has 0 aromatic heterocycles. The van der Waals surface area contributed by atoms with Gasteiger partial charge < -0.3 is 14.4 Å². The molecule has 0 fully saturated rings. The summed E-state index contributed by atoms with van der Waals surface area (Å²) in [6.45, 7) is 2.67. The van der Waals surface area contributed by atoms with Crippen molar-refractivity contribution in [3.63, 3.8) is 0 Å². The summed E-state index contributed by atoms with van der Waals surface area (Å²) in [6, 6.07) is 3.95. The number of rotatable bonds is 6. The average Bonchev–Trinajstić information content (AvgIpc) is 2.49. The van der Waals surface area contributed by atoms with Gasteiger partial charge in [-0.3, -0.25) is 9.59 Å². The first-order chi connectivity index (χ1) is 10.6. The molecule has 0 heterocycles. The number of carbonyl (C=O) groups excluding carboxylic acids is 2. The normalized spacial score (nSPS) is 11.3. The molecule has 0 spiro atoms. The van der Waals surface area contributed by atoms with Crippen LogP contribution in [0.4, 0.5) is 13.2 Å². The average molecular weight is 333 g/mol. The van der Waals surface area contributed by atoms with Crippen molar-refractivity contribution in [2.45, 2.75) is 26.1 Å². The van der Waals surface area contributed by atoms with Crippen LogP contribution in [0.1, 0.15) is 19.4 Å². The van der Waals surface area contributed by atoms with Crippen LogP contribution in [-0.4, -0.2) is 43.1 Å². The van der Waals surface area contributed by atoms with Crippen molar-refractivity contribution in [1.82, 2.24) is 4.90 Å². The van der Waals surface area contributed by atoms with E-state index in [1.807, 2.05) is 0 Å². The number of hydrogen-bond acceptors (Lipinski definition) is 4. The molecule has 0 aliphatic heterocycles. The summed E-state index contributed by atoms with van der Waals surface area (Å²) < 4.78 is 47.4. The summed E-state index contributed by atoms with van der Waals surface area (Å²) in [5.41, 5.74) is -0.863. The van der Waals surface area contributed by atoms with Crippen LogP contribution in [0.3, 0.4) is 0 Å². The molecule has 0 N–H and O–H groups in total. The highest BCUT2D eigenvalue weighted by Gasteiger charge is 2.30. The van der Waals surface area contributed by atoms with E-state index in [-0.39, 0.29) is 18.3 Å². The quantitative estimate of drug-likeness (QED) is 0.751. The lowest BCUT2D eigenvalue weighted by molar-refractivity contribution is -0.149. The standard InChI is InChI=1S/C15H18F3NO4/c1-10(2)19(8-14(21)22-3)13(20)9-23-12-6-4-5-11(7-12)15(16,17)18/h4-7,10H,8-9H2,1-3H3. The van der Waals surface area contributed by atoms with Gasteiger partial charge in [0.1, 0.15) is 12.3 Å². The maximum Gasteiger partial charge on any atom is 0.416 e. The molecule has 0 aliphatic carbocycles. The molecule has 1 aromatic carbocycles. The Morgan fingerprint density at radius 2 is 1.91 bits per heavy atom. The number of alkyl halides is 3. The number of halogens is 3. The monoisotopic (exact) mass is 333 g/mol. The number of nitrogens with zero attached hydrogens (tertiary/aromatic N) is 1. The van der Waals surface area contributed by atoms with Crippen molar-refractivity contribution in [2.24, 2.45) is 0 Å². The second-order valence-electron chi connectivity index (χ2n) is 5.01. The molecule has 1 rings (SSSR count). The molecular weight excluding hydrogens is 315 g/mol. The highest BCUT2D eigenvalue weighted by molar-refractivity contribution is 5.83. The van der Waals surface area contributed by atoms with Crippen molar-refractivity contribution < 1.29 is 32.2 Å². The zero-order chi connectivity index (χ0) is 17.6. The number of amides is 1. The van der Waals surface area contributed by atoms with Crippen LogP contribution in [0.25, 0.3) is 0 Å². The highest BCUT2D eigenvalue weighted by Crippen LogP contribution is 2.31. The van der Waals surface area contributed by atoms with E-state index >= 15 is 0 Å². The minimum Gasteiger partial charge on any atom is -0.484 e. The first-order valence-electron chi connectivity index (χ1n) is 6.81. The van der Waals surface area contributed by atoms with E-state index in [4.69, 9.17) is 4.74 Å². The summed E-state index contributed by atoms with van der Waals surface area (Å²) in [5.74, 6) is -1.19. The van der Waals surface area contributed by atoms with Gasteiger partial charge in [-0.2, -0.15) is 13.2 Å². The van der Waals surface area contributed by atoms with E-state index < -0.39 is 30.2 Å². The first kappa shape index (κ1) is 18.8. The topological polar surface area (TPSA) is 55.8 Å². The Bertz CT molecular complexity index is 558. The second-order valence-corrected chi connectivity index (χ2v) is 5.01. The Balaban J connectivity index is 2.72. The van der Waals surface area contributed by atoms with Crippen molar-refractivity contribution in [3.8, 4) is 5.75 Å². The van der Waals surface area contributed by atoms with Gasteiger partial charge in [0.25, 0.3) is 5.91 Å². The lowest BCUT2D eigenvalue weighted by atomic mass is 10.2. The molecule has 0 aliphatic rings. The zero-order valence-electron chi connectivity index (χ0n) is 13.0. The number of esters is 1. The molecule has 5 nitrogen and oxygen atoms in total. The molecule has 0 saturated heterocycles. The lowest BCUT2D eigenvalue weighted by Crippen LogP contribution is -2.43. The number of hydrogen-bond donors (Lipinski definition) is 0. The summed E-state index contributed by atoms with van der Waals surface area (Å²) in [7, 11) is 1.20. The Hall–Kier alpha value is -2.25. The lowest BCUT2D eigenvalue weighted by Gasteiger charge is -2.25. The van der Waals surface area contributed by atoms with Gasteiger partial charge in [0.15, 0.2) is 6.61 Å². The van der Waals surface area contributed by atoms with E-state index in [1.54, 1.807) is 13.8 Å². The van der Waals surface area contributed by atoms with Gasteiger partial charge in [-0.15, -0.1) is 0 Å². The number of carbonyl (C=O) groups is 2. The predicted octanol–water partition coefficient (Wildman–Crippen LogP) is 2.49. The van der Waals surface area contributed by atoms with Crippen LogP contribution in [0, 0.1) is 0 Å². The fourth-order valence-corrected chi connectivity index (χ4v) is 1.75. The Morgan fingerprint density at radius 1 is 1.26 bits per heavy atom.